The first kappa shape index (κ1) is 25.2. The Morgan fingerprint density at radius 3 is 1.73 bits per heavy atom. The van der Waals surface area contributed by atoms with Crippen molar-refractivity contribution in [3.63, 3.8) is 0 Å². The van der Waals surface area contributed by atoms with Crippen LogP contribution in [-0.2, 0) is 4.79 Å². The largest absolute Gasteiger partial charge is 0.500 e. The molecule has 0 aliphatic rings. The highest BCUT2D eigenvalue weighted by molar-refractivity contribution is 6.09. The number of aliphatic hydroxyl groups excluding tert-OH is 1. The van der Waals surface area contributed by atoms with Gasteiger partial charge in [0.1, 0.15) is 0 Å². The molecular weight excluding hydrogens is 420 g/mol. The molecule has 0 radical (unpaired) electrons. The lowest BCUT2D eigenvalue weighted by Crippen LogP contribution is -2.04. The van der Waals surface area contributed by atoms with Crippen LogP contribution in [0, 0.1) is 23.7 Å². The van der Waals surface area contributed by atoms with Gasteiger partial charge >= 0.3 is 0 Å². The van der Waals surface area contributed by atoms with Gasteiger partial charge in [0.25, 0.3) is 0 Å². The molecule has 0 unspecified atom stereocenters. The fourth-order valence-electron chi connectivity index (χ4n) is 2.93. The van der Waals surface area contributed by atoms with E-state index in [4.69, 9.17) is 18.9 Å². The van der Waals surface area contributed by atoms with Gasteiger partial charge in [0.15, 0.2) is 28.8 Å². The molecular formula is C27H28O6. The Labute approximate surface area is 195 Å². The minimum atomic E-state index is -0.475. The van der Waals surface area contributed by atoms with Crippen LogP contribution in [0.5, 0.6) is 23.0 Å². The molecule has 6 heteroatoms. The van der Waals surface area contributed by atoms with Gasteiger partial charge in [-0.25, -0.2) is 0 Å². The SMILES string of the molecule is CCCC/C(C(=O)C#Cc1ccc(OC)c(OC)c1)=C(/O)C#Cc1ccc(OC)c(OC)c1. The third-order valence-electron chi connectivity index (χ3n) is 4.75. The number of ketones is 1. The third-order valence-corrected chi connectivity index (χ3v) is 4.75. The minimum absolute atomic E-state index is 0.192. The fraction of sp³-hybridized carbons (Fsp3) is 0.296. The van der Waals surface area contributed by atoms with Crippen molar-refractivity contribution in [3.05, 3.63) is 58.9 Å². The number of carbonyl (C=O) groups is 1. The number of benzene rings is 2. The van der Waals surface area contributed by atoms with Gasteiger partial charge in [-0.2, -0.15) is 0 Å². The molecule has 2 aromatic rings. The van der Waals surface area contributed by atoms with Gasteiger partial charge in [0.2, 0.25) is 5.78 Å². The van der Waals surface area contributed by atoms with Crippen molar-refractivity contribution in [2.45, 2.75) is 26.2 Å². The van der Waals surface area contributed by atoms with Crippen LogP contribution in [0.15, 0.2) is 47.7 Å². The predicted octanol–water partition coefficient (Wildman–Crippen LogP) is 4.70. The molecule has 0 atom stereocenters. The fourth-order valence-corrected chi connectivity index (χ4v) is 2.93. The molecule has 1 N–H and O–H groups in total. The van der Waals surface area contributed by atoms with E-state index in [0.29, 0.717) is 40.5 Å². The number of Topliss-reactive ketones (excluding diaryl/α,β-unsaturated/α-hetero) is 1. The summed E-state index contributed by atoms with van der Waals surface area (Å²) in [5.41, 5.74) is 1.39. The number of allylic oxidation sites excluding steroid dienone is 2. The summed E-state index contributed by atoms with van der Waals surface area (Å²) in [5, 5.41) is 10.6. The van der Waals surface area contributed by atoms with Crippen molar-refractivity contribution >= 4 is 5.78 Å². The lowest BCUT2D eigenvalue weighted by Gasteiger charge is -2.07. The average Bonchev–Trinajstić information content (AvgIpc) is 2.85. The van der Waals surface area contributed by atoms with Crippen LogP contribution < -0.4 is 18.9 Å². The van der Waals surface area contributed by atoms with E-state index in [1.54, 1.807) is 50.6 Å². The summed E-state index contributed by atoms with van der Waals surface area (Å²) in [6, 6.07) is 10.3. The van der Waals surface area contributed by atoms with Gasteiger partial charge in [-0.05, 0) is 61.1 Å². The molecule has 0 aromatic heterocycles. The van der Waals surface area contributed by atoms with Crippen LogP contribution in [0.25, 0.3) is 0 Å². The molecule has 0 spiro atoms. The number of rotatable bonds is 8. The summed E-state index contributed by atoms with van der Waals surface area (Å²) in [5.74, 6) is 12.4. The highest BCUT2D eigenvalue weighted by atomic mass is 16.5. The molecule has 0 saturated carbocycles. The molecule has 0 amide bonds. The van der Waals surface area contributed by atoms with E-state index < -0.39 is 5.78 Å². The lowest BCUT2D eigenvalue weighted by molar-refractivity contribution is -0.110. The van der Waals surface area contributed by atoms with Crippen molar-refractivity contribution < 1.29 is 28.8 Å². The molecule has 2 rings (SSSR count). The highest BCUT2D eigenvalue weighted by Crippen LogP contribution is 2.28. The summed E-state index contributed by atoms with van der Waals surface area (Å²) < 4.78 is 21.0. The normalized spacial score (nSPS) is 10.6. The van der Waals surface area contributed by atoms with E-state index in [-0.39, 0.29) is 11.3 Å². The average molecular weight is 449 g/mol. The maximum Gasteiger partial charge on any atom is 0.236 e. The molecule has 6 nitrogen and oxygen atoms in total. The van der Waals surface area contributed by atoms with Gasteiger partial charge in [-0.1, -0.05) is 25.2 Å². The van der Waals surface area contributed by atoms with E-state index in [2.05, 4.69) is 23.7 Å². The van der Waals surface area contributed by atoms with Crippen molar-refractivity contribution in [3.8, 4) is 46.7 Å². The Balaban J connectivity index is 2.35. The number of unbranched alkanes of at least 4 members (excludes halogenated alkanes) is 1. The highest BCUT2D eigenvalue weighted by Gasteiger charge is 2.12. The molecule has 0 aliphatic carbocycles. The van der Waals surface area contributed by atoms with Gasteiger partial charge in [0.05, 0.1) is 34.0 Å². The standard InChI is InChI=1S/C27H28O6/c1-6-7-8-21(22(28)13-9-19-11-15-24(30-2)26(17-19)32-4)23(29)14-10-20-12-16-25(31-3)27(18-20)33-5/h11-12,15-18,28H,6-8H2,1-5H3/b22-21-. The summed E-state index contributed by atoms with van der Waals surface area (Å²) in [6.07, 6.45) is 1.96. The predicted molar refractivity (Wildman–Crippen MR) is 127 cm³/mol. The molecule has 2 aromatic carbocycles. The van der Waals surface area contributed by atoms with E-state index >= 15 is 0 Å². The van der Waals surface area contributed by atoms with E-state index in [9.17, 15) is 9.90 Å². The number of hydrogen-bond donors (Lipinski definition) is 1. The smallest absolute Gasteiger partial charge is 0.236 e. The van der Waals surface area contributed by atoms with Crippen LogP contribution in [0.3, 0.4) is 0 Å². The van der Waals surface area contributed by atoms with Gasteiger partial charge in [-0.3, -0.25) is 4.79 Å². The van der Waals surface area contributed by atoms with Gasteiger partial charge < -0.3 is 24.1 Å². The van der Waals surface area contributed by atoms with E-state index in [1.807, 2.05) is 6.92 Å². The van der Waals surface area contributed by atoms with Crippen molar-refractivity contribution in [2.75, 3.05) is 28.4 Å². The first-order valence-corrected chi connectivity index (χ1v) is 10.4. The Kier molecular flexibility index (Phi) is 9.74. The first-order chi connectivity index (χ1) is 16.0. The second-order valence-corrected chi connectivity index (χ2v) is 6.90. The second kappa shape index (κ2) is 12.7. The zero-order valence-electron chi connectivity index (χ0n) is 19.6. The van der Waals surface area contributed by atoms with Crippen LogP contribution in [0.1, 0.15) is 37.3 Å². The number of methoxy groups -OCH3 is 4. The lowest BCUT2D eigenvalue weighted by atomic mass is 10.0. The summed E-state index contributed by atoms with van der Waals surface area (Å²) in [6.45, 7) is 2.00. The van der Waals surface area contributed by atoms with Crippen LogP contribution in [0.4, 0.5) is 0 Å². The maximum absolute atomic E-state index is 12.8. The first-order valence-electron chi connectivity index (χ1n) is 10.4. The summed E-state index contributed by atoms with van der Waals surface area (Å²) in [7, 11) is 6.15. The van der Waals surface area contributed by atoms with E-state index in [0.717, 1.165) is 12.8 Å². The number of carbonyl (C=O) groups excluding carboxylic acids is 1. The van der Waals surface area contributed by atoms with Crippen molar-refractivity contribution in [1.29, 1.82) is 0 Å². The molecule has 0 saturated heterocycles. The molecule has 0 bridgehead atoms. The van der Waals surface area contributed by atoms with Gasteiger partial charge in [0, 0.05) is 11.1 Å². The number of ether oxygens (including phenoxy) is 4. The van der Waals surface area contributed by atoms with Gasteiger partial charge in [-0.15, -0.1) is 0 Å². The maximum atomic E-state index is 12.8. The zero-order valence-corrected chi connectivity index (χ0v) is 19.6. The molecule has 0 fully saturated rings. The quantitative estimate of drug-likeness (QED) is 0.359. The van der Waals surface area contributed by atoms with E-state index in [1.165, 1.54) is 14.2 Å². The summed E-state index contributed by atoms with van der Waals surface area (Å²) >= 11 is 0. The third kappa shape index (κ3) is 6.98. The number of hydrogen-bond acceptors (Lipinski definition) is 6. The Bertz CT molecular complexity index is 1140. The Hall–Kier alpha value is -4.03. The second-order valence-electron chi connectivity index (χ2n) is 6.90. The molecule has 0 aliphatic heterocycles. The zero-order chi connectivity index (χ0) is 24.2. The van der Waals surface area contributed by atoms with Crippen molar-refractivity contribution in [1.82, 2.24) is 0 Å². The Morgan fingerprint density at radius 2 is 1.27 bits per heavy atom. The van der Waals surface area contributed by atoms with Crippen LogP contribution >= 0.6 is 0 Å². The minimum Gasteiger partial charge on any atom is -0.500 e. The van der Waals surface area contributed by atoms with Crippen molar-refractivity contribution in [2.24, 2.45) is 0 Å². The van der Waals surface area contributed by atoms with Crippen LogP contribution in [0.2, 0.25) is 0 Å². The monoisotopic (exact) mass is 448 g/mol. The molecule has 172 valence electrons. The molecule has 0 heterocycles. The molecule has 33 heavy (non-hydrogen) atoms. The topological polar surface area (TPSA) is 74.2 Å². The van der Waals surface area contributed by atoms with Crippen LogP contribution in [-0.4, -0.2) is 39.3 Å². The number of aliphatic hydroxyl groups is 1. The Morgan fingerprint density at radius 1 is 0.788 bits per heavy atom. The summed E-state index contributed by atoms with van der Waals surface area (Å²) in [4.78, 5) is 12.8.